The Morgan fingerprint density at radius 3 is 2.71 bits per heavy atom. The number of hydrogen-bond acceptors (Lipinski definition) is 2. The van der Waals surface area contributed by atoms with Crippen molar-refractivity contribution in [2.75, 3.05) is 6.54 Å². The molecule has 0 bridgehead atoms. The van der Waals surface area contributed by atoms with Crippen LogP contribution >= 0.6 is 0 Å². The molecule has 3 nitrogen and oxygen atoms in total. The Bertz CT molecular complexity index is 971. The van der Waals surface area contributed by atoms with Crippen LogP contribution in [0.2, 0.25) is 0 Å². The van der Waals surface area contributed by atoms with Crippen molar-refractivity contribution in [2.45, 2.75) is 33.4 Å². The molecule has 0 saturated heterocycles. The van der Waals surface area contributed by atoms with Crippen molar-refractivity contribution in [1.82, 2.24) is 0 Å². The van der Waals surface area contributed by atoms with Crippen molar-refractivity contribution >= 4 is 11.0 Å². The summed E-state index contributed by atoms with van der Waals surface area (Å²) in [5.41, 5.74) is 6.70. The van der Waals surface area contributed by atoms with Gasteiger partial charge in [0.1, 0.15) is 18.7 Å². The lowest BCUT2D eigenvalue weighted by atomic mass is 9.98. The van der Waals surface area contributed by atoms with E-state index < -0.39 is 0 Å². The van der Waals surface area contributed by atoms with Crippen molar-refractivity contribution in [1.29, 1.82) is 0 Å². The van der Waals surface area contributed by atoms with E-state index in [9.17, 15) is 4.79 Å². The molecule has 1 atom stereocenters. The van der Waals surface area contributed by atoms with Crippen LogP contribution in [0.4, 0.5) is 0 Å². The van der Waals surface area contributed by atoms with E-state index in [1.54, 1.807) is 6.07 Å². The highest BCUT2D eigenvalue weighted by Gasteiger charge is 2.21. The van der Waals surface area contributed by atoms with Crippen LogP contribution in [0.25, 0.3) is 11.0 Å². The van der Waals surface area contributed by atoms with Crippen molar-refractivity contribution in [3.63, 3.8) is 0 Å². The van der Waals surface area contributed by atoms with Gasteiger partial charge in [-0.15, -0.1) is 0 Å². The van der Waals surface area contributed by atoms with E-state index in [4.69, 9.17) is 4.42 Å². The van der Waals surface area contributed by atoms with E-state index in [2.05, 4.69) is 36.4 Å². The topological polar surface area (TPSA) is 34.7 Å². The summed E-state index contributed by atoms with van der Waals surface area (Å²) in [7, 11) is 0. The zero-order chi connectivity index (χ0) is 16.7. The van der Waals surface area contributed by atoms with Crippen LogP contribution in [-0.4, -0.2) is 6.54 Å². The van der Waals surface area contributed by atoms with Gasteiger partial charge in [-0.25, -0.2) is 4.79 Å². The molecular weight excluding hydrogens is 298 g/mol. The van der Waals surface area contributed by atoms with Gasteiger partial charge >= 0.3 is 5.63 Å². The monoisotopic (exact) mass is 320 g/mol. The van der Waals surface area contributed by atoms with Crippen LogP contribution in [0, 0.1) is 13.8 Å². The van der Waals surface area contributed by atoms with E-state index in [-0.39, 0.29) is 5.63 Å². The molecule has 1 aliphatic rings. The van der Waals surface area contributed by atoms with Gasteiger partial charge in [0, 0.05) is 29.0 Å². The van der Waals surface area contributed by atoms with E-state index in [0.29, 0.717) is 0 Å². The average Bonchev–Trinajstić information content (AvgIpc) is 2.58. The third-order valence-corrected chi connectivity index (χ3v) is 5.26. The van der Waals surface area contributed by atoms with E-state index in [1.165, 1.54) is 16.0 Å². The maximum Gasteiger partial charge on any atom is 0.336 e. The summed E-state index contributed by atoms with van der Waals surface area (Å²) in [6, 6.07) is 14.6. The third kappa shape index (κ3) is 2.65. The fourth-order valence-electron chi connectivity index (χ4n) is 3.73. The quantitative estimate of drug-likeness (QED) is 0.737. The first-order valence-corrected chi connectivity index (χ1v) is 8.55. The largest absolute Gasteiger partial charge is 0.422 e. The molecule has 1 aromatic heterocycles. The zero-order valence-corrected chi connectivity index (χ0v) is 14.2. The first kappa shape index (κ1) is 15.2. The lowest BCUT2D eigenvalue weighted by Crippen LogP contribution is -3.10. The summed E-state index contributed by atoms with van der Waals surface area (Å²) in [5.74, 6) is 0. The minimum atomic E-state index is -0.247. The molecule has 0 radical (unpaired) electrons. The summed E-state index contributed by atoms with van der Waals surface area (Å²) in [6.45, 7) is 7.05. The lowest BCUT2D eigenvalue weighted by molar-refractivity contribution is -0.929. The van der Waals surface area contributed by atoms with Crippen LogP contribution in [0.5, 0.6) is 0 Å². The van der Waals surface area contributed by atoms with Crippen molar-refractivity contribution < 1.29 is 9.32 Å². The predicted octanol–water partition coefficient (Wildman–Crippen LogP) is 2.55. The second-order valence-electron chi connectivity index (χ2n) is 6.85. The number of hydrogen-bond donors (Lipinski definition) is 1. The molecule has 0 spiro atoms. The summed E-state index contributed by atoms with van der Waals surface area (Å²) in [6.07, 6.45) is 1.10. The van der Waals surface area contributed by atoms with Crippen LogP contribution < -0.4 is 10.5 Å². The number of benzene rings is 2. The summed E-state index contributed by atoms with van der Waals surface area (Å²) < 4.78 is 5.49. The Hall–Kier alpha value is -2.39. The van der Waals surface area contributed by atoms with Gasteiger partial charge in [0.05, 0.1) is 6.54 Å². The molecule has 1 N–H and O–H groups in total. The average molecular weight is 320 g/mol. The Morgan fingerprint density at radius 2 is 1.88 bits per heavy atom. The smallest absolute Gasteiger partial charge is 0.336 e. The first-order chi connectivity index (χ1) is 11.6. The van der Waals surface area contributed by atoms with Gasteiger partial charge in [-0.2, -0.15) is 0 Å². The Labute approximate surface area is 141 Å². The molecule has 3 aromatic rings. The van der Waals surface area contributed by atoms with Gasteiger partial charge in [-0.05, 0) is 30.5 Å². The molecule has 0 fully saturated rings. The first-order valence-electron chi connectivity index (χ1n) is 8.55. The molecule has 0 aliphatic carbocycles. The summed E-state index contributed by atoms with van der Waals surface area (Å²) >= 11 is 0. The molecule has 0 amide bonds. The SMILES string of the molecule is Cc1ccc2c(C[NH+]3CCc4ccccc4C3)cc(=O)oc2c1C. The van der Waals surface area contributed by atoms with E-state index in [1.807, 2.05) is 13.8 Å². The fraction of sp³-hybridized carbons (Fsp3) is 0.286. The van der Waals surface area contributed by atoms with Crippen LogP contribution in [0.1, 0.15) is 27.8 Å². The maximum atomic E-state index is 12.0. The molecular formula is C21H22NO2+. The minimum Gasteiger partial charge on any atom is -0.422 e. The third-order valence-electron chi connectivity index (χ3n) is 5.26. The molecule has 1 aliphatic heterocycles. The molecule has 1 unspecified atom stereocenters. The molecule has 0 saturated carbocycles. The van der Waals surface area contributed by atoms with Gasteiger partial charge < -0.3 is 9.32 Å². The van der Waals surface area contributed by atoms with Crippen LogP contribution in [-0.2, 0) is 19.5 Å². The Balaban J connectivity index is 1.71. The number of aryl methyl sites for hydroxylation is 2. The predicted molar refractivity (Wildman–Crippen MR) is 95.3 cm³/mol. The number of nitrogens with one attached hydrogen (secondary N) is 1. The zero-order valence-electron chi connectivity index (χ0n) is 14.2. The van der Waals surface area contributed by atoms with Crippen molar-refractivity contribution in [3.05, 3.63) is 80.7 Å². The Morgan fingerprint density at radius 1 is 1.08 bits per heavy atom. The highest BCUT2D eigenvalue weighted by atomic mass is 16.4. The van der Waals surface area contributed by atoms with Crippen molar-refractivity contribution in [3.8, 4) is 0 Å². The minimum absolute atomic E-state index is 0.247. The molecule has 4 rings (SSSR count). The molecule has 2 heterocycles. The van der Waals surface area contributed by atoms with Gasteiger partial charge in [-0.3, -0.25) is 0 Å². The van der Waals surface area contributed by atoms with Crippen molar-refractivity contribution in [2.24, 2.45) is 0 Å². The van der Waals surface area contributed by atoms with E-state index in [0.717, 1.165) is 53.7 Å². The lowest BCUT2D eigenvalue weighted by Gasteiger charge is -2.26. The van der Waals surface area contributed by atoms with Crippen LogP contribution in [0.15, 0.2) is 51.7 Å². The fourth-order valence-corrected chi connectivity index (χ4v) is 3.73. The second-order valence-corrected chi connectivity index (χ2v) is 6.85. The molecule has 2 aromatic carbocycles. The van der Waals surface area contributed by atoms with Gasteiger partial charge in [0.15, 0.2) is 0 Å². The Kier molecular flexibility index (Phi) is 3.73. The number of quaternary nitrogens is 1. The maximum absolute atomic E-state index is 12.0. The van der Waals surface area contributed by atoms with Gasteiger partial charge in [0.25, 0.3) is 0 Å². The standard InChI is InChI=1S/C21H21NO2/c1-14-7-8-19-18(11-20(23)24-21(19)15(14)2)13-22-10-9-16-5-3-4-6-17(16)12-22/h3-8,11H,9-10,12-13H2,1-2H3/p+1. The molecule has 122 valence electrons. The van der Waals surface area contributed by atoms with Crippen LogP contribution in [0.3, 0.4) is 0 Å². The number of rotatable bonds is 2. The van der Waals surface area contributed by atoms with Gasteiger partial charge in [-0.1, -0.05) is 36.4 Å². The highest BCUT2D eigenvalue weighted by molar-refractivity contribution is 5.83. The van der Waals surface area contributed by atoms with Gasteiger partial charge in [0.2, 0.25) is 0 Å². The number of fused-ring (bicyclic) bond motifs is 2. The summed E-state index contributed by atoms with van der Waals surface area (Å²) in [4.78, 5) is 13.5. The van der Waals surface area contributed by atoms with E-state index >= 15 is 0 Å². The normalized spacial score (nSPS) is 17.0. The molecule has 3 heteroatoms. The highest BCUT2D eigenvalue weighted by Crippen LogP contribution is 2.23. The molecule has 24 heavy (non-hydrogen) atoms. The summed E-state index contributed by atoms with van der Waals surface area (Å²) in [5, 5.41) is 1.07. The second kappa shape index (κ2) is 5.91.